The molecule has 7 nitrogen and oxygen atoms in total. The minimum atomic E-state index is -0.965. The van der Waals surface area contributed by atoms with Crippen LogP contribution in [0.15, 0.2) is 46.7 Å². The maximum absolute atomic E-state index is 12.8. The van der Waals surface area contributed by atoms with E-state index in [1.54, 1.807) is 0 Å². The van der Waals surface area contributed by atoms with Crippen LogP contribution in [-0.4, -0.2) is 34.1 Å². The molecule has 0 unspecified atom stereocenters. The molecule has 0 aliphatic heterocycles. The van der Waals surface area contributed by atoms with Gasteiger partial charge in [-0.2, -0.15) is 0 Å². The zero-order valence-electron chi connectivity index (χ0n) is 14.5. The minimum absolute atomic E-state index is 0.282. The topological polar surface area (TPSA) is 90.3 Å². The molecular weight excluding hydrogens is 386 g/mol. The summed E-state index contributed by atoms with van der Waals surface area (Å²) in [5.74, 6) is -1.12. The number of nitrogens with one attached hydrogen (secondary N) is 1. The molecule has 3 aromatic rings. The molecule has 3 rings (SSSR count). The summed E-state index contributed by atoms with van der Waals surface area (Å²) in [6, 6.07) is 3.84. The molecule has 0 saturated heterocycles. The highest BCUT2D eigenvalue weighted by Gasteiger charge is 2.19. The highest BCUT2D eigenvalue weighted by Crippen LogP contribution is 2.33. The van der Waals surface area contributed by atoms with Gasteiger partial charge in [0.1, 0.15) is 11.4 Å². The number of carbonyl (C=O) groups excluding carboxylic acids is 2. The lowest BCUT2D eigenvalue weighted by Crippen LogP contribution is -2.37. The molecule has 0 radical (unpaired) electrons. The molecule has 0 saturated carbocycles. The van der Waals surface area contributed by atoms with E-state index in [4.69, 9.17) is 4.74 Å². The third kappa shape index (κ3) is 4.15. The van der Waals surface area contributed by atoms with Gasteiger partial charge in [0, 0.05) is 22.4 Å². The van der Waals surface area contributed by atoms with E-state index in [-0.39, 0.29) is 18.6 Å². The minimum Gasteiger partial charge on any atom is -0.451 e. The molecule has 27 heavy (non-hydrogen) atoms. The van der Waals surface area contributed by atoms with Crippen LogP contribution in [0, 0.1) is 0 Å². The van der Waals surface area contributed by atoms with Crippen molar-refractivity contribution in [1.29, 1.82) is 0 Å². The average molecular weight is 403 g/mol. The van der Waals surface area contributed by atoms with E-state index < -0.39 is 18.0 Å². The van der Waals surface area contributed by atoms with E-state index in [1.807, 2.05) is 22.9 Å². The second kappa shape index (κ2) is 8.28. The van der Waals surface area contributed by atoms with E-state index in [9.17, 15) is 14.4 Å². The second-order valence-electron chi connectivity index (χ2n) is 5.65. The molecule has 0 fully saturated rings. The summed E-state index contributed by atoms with van der Waals surface area (Å²) in [4.78, 5) is 42.6. The molecule has 3 aromatic heterocycles. The number of hydrogen-bond donors (Lipinski definition) is 1. The first kappa shape index (κ1) is 19.0. The molecule has 0 aliphatic carbocycles. The third-order valence-electron chi connectivity index (χ3n) is 3.74. The van der Waals surface area contributed by atoms with Gasteiger partial charge in [-0.15, -0.1) is 29.3 Å². The zero-order chi connectivity index (χ0) is 19.4. The van der Waals surface area contributed by atoms with Crippen LogP contribution >= 0.6 is 22.7 Å². The van der Waals surface area contributed by atoms with Crippen molar-refractivity contribution in [3.63, 3.8) is 0 Å². The molecule has 1 atom stereocenters. The van der Waals surface area contributed by atoms with Crippen LogP contribution in [0.3, 0.4) is 0 Å². The maximum Gasteiger partial charge on any atom is 0.326 e. The smallest absolute Gasteiger partial charge is 0.326 e. The van der Waals surface area contributed by atoms with E-state index in [2.05, 4.69) is 16.9 Å². The van der Waals surface area contributed by atoms with Gasteiger partial charge in [-0.3, -0.25) is 19.0 Å². The molecule has 1 amide bonds. The number of ether oxygens (including phenoxy) is 1. The number of carbonyl (C=O) groups is 2. The second-order valence-corrected chi connectivity index (χ2v) is 7.46. The maximum atomic E-state index is 12.8. The predicted octanol–water partition coefficient (Wildman–Crippen LogP) is 2.42. The van der Waals surface area contributed by atoms with Gasteiger partial charge in [0.05, 0.1) is 11.7 Å². The molecule has 140 valence electrons. The van der Waals surface area contributed by atoms with E-state index in [0.717, 1.165) is 10.4 Å². The van der Waals surface area contributed by atoms with Crippen molar-refractivity contribution in [2.75, 3.05) is 6.54 Å². The lowest BCUT2D eigenvalue weighted by molar-refractivity contribution is -0.155. The quantitative estimate of drug-likeness (QED) is 0.483. The van der Waals surface area contributed by atoms with Gasteiger partial charge in [-0.1, -0.05) is 12.1 Å². The molecule has 0 aliphatic rings. The summed E-state index contributed by atoms with van der Waals surface area (Å²) in [6.45, 7) is 4.93. The van der Waals surface area contributed by atoms with Crippen LogP contribution in [0.2, 0.25) is 0 Å². The number of aromatic nitrogens is 2. The van der Waals surface area contributed by atoms with Crippen molar-refractivity contribution in [2.45, 2.75) is 19.6 Å². The Morgan fingerprint density at radius 3 is 2.96 bits per heavy atom. The van der Waals surface area contributed by atoms with Crippen molar-refractivity contribution >= 4 is 44.8 Å². The van der Waals surface area contributed by atoms with E-state index in [1.165, 1.54) is 46.6 Å². The van der Waals surface area contributed by atoms with Crippen molar-refractivity contribution < 1.29 is 14.3 Å². The zero-order valence-corrected chi connectivity index (χ0v) is 16.1. The van der Waals surface area contributed by atoms with Gasteiger partial charge < -0.3 is 10.1 Å². The highest BCUT2D eigenvalue weighted by molar-refractivity contribution is 7.18. The number of amides is 1. The first-order chi connectivity index (χ1) is 13.0. The first-order valence-electron chi connectivity index (χ1n) is 8.10. The van der Waals surface area contributed by atoms with Crippen LogP contribution in [0.4, 0.5) is 0 Å². The van der Waals surface area contributed by atoms with Crippen LogP contribution < -0.4 is 10.9 Å². The average Bonchev–Trinajstić information content (AvgIpc) is 3.31. The molecule has 1 N–H and O–H groups in total. The van der Waals surface area contributed by atoms with Crippen molar-refractivity contribution in [2.24, 2.45) is 0 Å². The number of rotatable bonds is 7. The van der Waals surface area contributed by atoms with Crippen LogP contribution in [0.5, 0.6) is 0 Å². The van der Waals surface area contributed by atoms with Crippen LogP contribution in [0.1, 0.15) is 6.92 Å². The number of nitrogens with zero attached hydrogens (tertiary/aromatic N) is 2. The largest absolute Gasteiger partial charge is 0.451 e. The van der Waals surface area contributed by atoms with Crippen molar-refractivity contribution in [1.82, 2.24) is 14.9 Å². The predicted molar refractivity (Wildman–Crippen MR) is 106 cm³/mol. The number of fused-ring (bicyclic) bond motifs is 1. The third-order valence-corrected chi connectivity index (χ3v) is 5.53. The normalized spacial score (nSPS) is 11.9. The van der Waals surface area contributed by atoms with Crippen LogP contribution in [-0.2, 0) is 20.9 Å². The van der Waals surface area contributed by atoms with Crippen LogP contribution in [0.25, 0.3) is 20.7 Å². The fourth-order valence-corrected chi connectivity index (χ4v) is 4.16. The summed E-state index contributed by atoms with van der Waals surface area (Å²) in [7, 11) is 0. The Labute approximate surface area is 162 Å². The van der Waals surface area contributed by atoms with Gasteiger partial charge in [-0.25, -0.2) is 4.98 Å². The van der Waals surface area contributed by atoms with E-state index >= 15 is 0 Å². The van der Waals surface area contributed by atoms with E-state index in [0.29, 0.717) is 10.2 Å². The molecule has 0 aromatic carbocycles. The molecule has 3 heterocycles. The molecule has 0 bridgehead atoms. The number of esters is 1. The van der Waals surface area contributed by atoms with Crippen molar-refractivity contribution in [3.8, 4) is 10.4 Å². The lowest BCUT2D eigenvalue weighted by Gasteiger charge is -2.13. The van der Waals surface area contributed by atoms with Gasteiger partial charge in [0.15, 0.2) is 6.10 Å². The Morgan fingerprint density at radius 1 is 1.44 bits per heavy atom. The van der Waals surface area contributed by atoms with Gasteiger partial charge in [0.2, 0.25) is 0 Å². The Hall–Kier alpha value is -2.78. The fraction of sp³-hybridized carbons (Fsp3) is 0.222. The highest BCUT2D eigenvalue weighted by atomic mass is 32.1. The van der Waals surface area contributed by atoms with Gasteiger partial charge >= 0.3 is 5.97 Å². The standard InChI is InChI=1S/C18H17N3O4S2/c1-3-6-19-16(23)11(2)25-14(22)8-21-10-20-17-15(18(21)24)12(9-27-17)13-5-4-7-26-13/h3-5,7,9-11H,1,6,8H2,2H3,(H,19,23)/t11-/m1/s1. The number of hydrogen-bond acceptors (Lipinski definition) is 7. The Morgan fingerprint density at radius 2 is 2.26 bits per heavy atom. The summed E-state index contributed by atoms with van der Waals surface area (Å²) >= 11 is 2.91. The summed E-state index contributed by atoms with van der Waals surface area (Å²) in [6.07, 6.45) is 1.88. The molecule has 9 heteroatoms. The SMILES string of the molecule is C=CCNC(=O)[C@@H](C)OC(=O)Cn1cnc2scc(-c3cccs3)c2c1=O. The lowest BCUT2D eigenvalue weighted by atomic mass is 10.2. The number of thiophene rings is 2. The summed E-state index contributed by atoms with van der Waals surface area (Å²) in [5, 5.41) is 6.85. The Kier molecular flexibility index (Phi) is 5.82. The van der Waals surface area contributed by atoms with Gasteiger partial charge in [-0.05, 0) is 18.4 Å². The Bertz CT molecular complexity index is 1040. The Balaban J connectivity index is 1.79. The molecule has 0 spiro atoms. The fourth-order valence-electron chi connectivity index (χ4n) is 2.44. The molecular formula is C18H17N3O4S2. The monoisotopic (exact) mass is 403 g/mol. The van der Waals surface area contributed by atoms with Crippen molar-refractivity contribution in [3.05, 3.63) is 52.2 Å². The summed E-state index contributed by atoms with van der Waals surface area (Å²) in [5.41, 5.74) is 0.493. The first-order valence-corrected chi connectivity index (χ1v) is 9.85. The van der Waals surface area contributed by atoms with Gasteiger partial charge in [0.25, 0.3) is 11.5 Å². The summed E-state index contributed by atoms with van der Waals surface area (Å²) < 4.78 is 6.29.